The quantitative estimate of drug-likeness (QED) is 0.754. The van der Waals surface area contributed by atoms with Crippen LogP contribution in [0.5, 0.6) is 0 Å². The van der Waals surface area contributed by atoms with Crippen LogP contribution in [0.1, 0.15) is 35.4 Å². The first-order valence-electron chi connectivity index (χ1n) is 7.93. The van der Waals surface area contributed by atoms with E-state index in [1.165, 1.54) is 28.9 Å². The molecule has 0 aliphatic carbocycles. The van der Waals surface area contributed by atoms with Gasteiger partial charge in [-0.25, -0.2) is 0 Å². The molecule has 21 heavy (non-hydrogen) atoms. The van der Waals surface area contributed by atoms with Crippen LogP contribution in [0.4, 0.5) is 0 Å². The molecular weight excluding hydrogens is 258 g/mol. The van der Waals surface area contributed by atoms with Gasteiger partial charge in [-0.1, -0.05) is 30.3 Å². The van der Waals surface area contributed by atoms with Gasteiger partial charge in [0.05, 0.1) is 5.69 Å². The normalized spacial score (nSPS) is 11.0. The second kappa shape index (κ2) is 7.99. The summed E-state index contributed by atoms with van der Waals surface area (Å²) in [6.07, 6.45) is 4.56. The maximum atomic E-state index is 4.72. The second-order valence-electron chi connectivity index (χ2n) is 5.67. The first-order valence-corrected chi connectivity index (χ1v) is 7.93. The summed E-state index contributed by atoms with van der Waals surface area (Å²) in [5.74, 6) is 0. The molecule has 1 N–H and O–H groups in total. The zero-order chi connectivity index (χ0) is 15.1. The van der Waals surface area contributed by atoms with E-state index in [9.17, 15) is 0 Å². The number of hydrogen-bond donors (Lipinski definition) is 1. The van der Waals surface area contributed by atoms with Crippen LogP contribution in [0, 0.1) is 13.8 Å². The molecule has 1 aromatic carbocycles. The van der Waals surface area contributed by atoms with Crippen molar-refractivity contribution in [2.24, 2.45) is 0 Å². The monoisotopic (exact) mass is 285 g/mol. The molecule has 0 bridgehead atoms. The summed E-state index contributed by atoms with van der Waals surface area (Å²) in [5, 5.41) is 7.93. The van der Waals surface area contributed by atoms with Crippen molar-refractivity contribution in [1.29, 1.82) is 0 Å². The fourth-order valence-electron chi connectivity index (χ4n) is 2.83. The lowest BCUT2D eigenvalue weighted by molar-refractivity contribution is 0.561. The van der Waals surface area contributed by atoms with Crippen LogP contribution in [0.2, 0.25) is 0 Å². The molecule has 114 valence electrons. The van der Waals surface area contributed by atoms with E-state index in [-0.39, 0.29) is 0 Å². The topological polar surface area (TPSA) is 29.9 Å². The molecule has 2 rings (SSSR count). The molecule has 0 spiro atoms. The SMILES string of the molecule is CNCCCc1c(C)nn(CCCc2ccccc2)c1C. The highest BCUT2D eigenvalue weighted by atomic mass is 15.3. The van der Waals surface area contributed by atoms with Gasteiger partial charge in [-0.2, -0.15) is 5.10 Å². The molecule has 0 aliphatic heterocycles. The Bertz CT molecular complexity index is 543. The van der Waals surface area contributed by atoms with Gasteiger partial charge in [0.15, 0.2) is 0 Å². The number of hydrogen-bond acceptors (Lipinski definition) is 2. The molecule has 0 unspecified atom stereocenters. The molecule has 0 fully saturated rings. The van der Waals surface area contributed by atoms with Crippen molar-refractivity contribution >= 4 is 0 Å². The number of rotatable bonds is 8. The summed E-state index contributed by atoms with van der Waals surface area (Å²) >= 11 is 0. The molecule has 3 nitrogen and oxygen atoms in total. The van der Waals surface area contributed by atoms with E-state index in [4.69, 9.17) is 5.10 Å². The van der Waals surface area contributed by atoms with Crippen molar-refractivity contribution in [3.8, 4) is 0 Å². The van der Waals surface area contributed by atoms with Gasteiger partial charge in [-0.15, -0.1) is 0 Å². The molecule has 0 radical (unpaired) electrons. The standard InChI is InChI=1S/C18H27N3/c1-15-18(12-7-13-19-3)16(2)21(20-15)14-8-11-17-9-5-4-6-10-17/h4-6,9-10,19H,7-8,11-14H2,1-3H3. The number of aryl methyl sites for hydroxylation is 3. The Labute approximate surface area is 128 Å². The van der Waals surface area contributed by atoms with E-state index in [0.29, 0.717) is 0 Å². The predicted octanol–water partition coefficient (Wildman–Crippen LogP) is 3.28. The third-order valence-electron chi connectivity index (χ3n) is 4.06. The second-order valence-corrected chi connectivity index (χ2v) is 5.67. The average molecular weight is 285 g/mol. The fraction of sp³-hybridized carbons (Fsp3) is 0.500. The van der Waals surface area contributed by atoms with Gasteiger partial charge in [0.2, 0.25) is 0 Å². The van der Waals surface area contributed by atoms with E-state index < -0.39 is 0 Å². The highest BCUT2D eigenvalue weighted by Gasteiger charge is 2.10. The highest BCUT2D eigenvalue weighted by molar-refractivity contribution is 5.24. The van der Waals surface area contributed by atoms with Crippen LogP contribution in [0.25, 0.3) is 0 Å². The van der Waals surface area contributed by atoms with E-state index in [0.717, 1.165) is 32.4 Å². The van der Waals surface area contributed by atoms with E-state index in [2.05, 4.69) is 54.2 Å². The number of nitrogens with zero attached hydrogens (tertiary/aromatic N) is 2. The summed E-state index contributed by atoms with van der Waals surface area (Å²) in [5.41, 5.74) is 5.39. The summed E-state index contributed by atoms with van der Waals surface area (Å²) in [4.78, 5) is 0. The van der Waals surface area contributed by atoms with E-state index in [1.54, 1.807) is 0 Å². The number of benzene rings is 1. The van der Waals surface area contributed by atoms with Crippen molar-refractivity contribution in [3.05, 3.63) is 52.8 Å². The van der Waals surface area contributed by atoms with E-state index in [1.807, 2.05) is 7.05 Å². The predicted molar refractivity (Wildman–Crippen MR) is 88.7 cm³/mol. The van der Waals surface area contributed by atoms with Gasteiger partial charge in [-0.3, -0.25) is 4.68 Å². The molecule has 0 saturated carbocycles. The van der Waals surface area contributed by atoms with Crippen LogP contribution >= 0.6 is 0 Å². The van der Waals surface area contributed by atoms with Gasteiger partial charge >= 0.3 is 0 Å². The summed E-state index contributed by atoms with van der Waals surface area (Å²) in [6.45, 7) is 6.41. The van der Waals surface area contributed by atoms with Crippen LogP contribution < -0.4 is 5.32 Å². The van der Waals surface area contributed by atoms with Gasteiger partial charge in [0.1, 0.15) is 0 Å². The maximum absolute atomic E-state index is 4.72. The van der Waals surface area contributed by atoms with Crippen LogP contribution in [-0.2, 0) is 19.4 Å². The molecule has 0 aliphatic rings. The minimum absolute atomic E-state index is 1.01. The van der Waals surface area contributed by atoms with Gasteiger partial charge in [-0.05, 0) is 64.3 Å². The van der Waals surface area contributed by atoms with Crippen molar-refractivity contribution in [3.63, 3.8) is 0 Å². The third kappa shape index (κ3) is 4.43. The molecule has 0 atom stereocenters. The zero-order valence-electron chi connectivity index (χ0n) is 13.5. The van der Waals surface area contributed by atoms with Crippen LogP contribution in [-0.4, -0.2) is 23.4 Å². The molecular formula is C18H27N3. The molecule has 3 heteroatoms. The molecule has 0 saturated heterocycles. The zero-order valence-corrected chi connectivity index (χ0v) is 13.5. The summed E-state index contributed by atoms with van der Waals surface area (Å²) in [7, 11) is 2.01. The van der Waals surface area contributed by atoms with Crippen LogP contribution in [0.15, 0.2) is 30.3 Å². The smallest absolute Gasteiger partial charge is 0.0628 e. The van der Waals surface area contributed by atoms with Gasteiger partial charge in [0.25, 0.3) is 0 Å². The number of nitrogens with one attached hydrogen (secondary N) is 1. The summed E-state index contributed by atoms with van der Waals surface area (Å²) < 4.78 is 2.19. The molecule has 0 amide bonds. The largest absolute Gasteiger partial charge is 0.320 e. The van der Waals surface area contributed by atoms with E-state index >= 15 is 0 Å². The summed E-state index contributed by atoms with van der Waals surface area (Å²) in [6, 6.07) is 10.7. The van der Waals surface area contributed by atoms with Crippen molar-refractivity contribution in [2.75, 3.05) is 13.6 Å². The third-order valence-corrected chi connectivity index (χ3v) is 4.06. The lowest BCUT2D eigenvalue weighted by atomic mass is 10.1. The average Bonchev–Trinajstić information content (AvgIpc) is 2.76. The van der Waals surface area contributed by atoms with Gasteiger partial charge < -0.3 is 5.32 Å². The molecule has 1 aromatic heterocycles. The first kappa shape index (κ1) is 15.8. The minimum Gasteiger partial charge on any atom is -0.320 e. The first-order chi connectivity index (χ1) is 10.2. The van der Waals surface area contributed by atoms with Gasteiger partial charge in [0, 0.05) is 12.2 Å². The Balaban J connectivity index is 1.90. The van der Waals surface area contributed by atoms with Crippen molar-refractivity contribution in [2.45, 2.75) is 46.1 Å². The van der Waals surface area contributed by atoms with Crippen molar-refractivity contribution in [1.82, 2.24) is 15.1 Å². The Hall–Kier alpha value is -1.61. The Morgan fingerprint density at radius 3 is 2.52 bits per heavy atom. The van der Waals surface area contributed by atoms with Crippen molar-refractivity contribution < 1.29 is 0 Å². The van der Waals surface area contributed by atoms with Crippen LogP contribution in [0.3, 0.4) is 0 Å². The number of aromatic nitrogens is 2. The minimum atomic E-state index is 1.01. The Morgan fingerprint density at radius 2 is 1.81 bits per heavy atom. The highest BCUT2D eigenvalue weighted by Crippen LogP contribution is 2.16. The Kier molecular flexibility index (Phi) is 6.00. The lowest BCUT2D eigenvalue weighted by Crippen LogP contribution is -2.09. The molecule has 1 heterocycles. The lowest BCUT2D eigenvalue weighted by Gasteiger charge is -2.06. The Morgan fingerprint density at radius 1 is 1.05 bits per heavy atom. The maximum Gasteiger partial charge on any atom is 0.0628 e. The fourth-order valence-corrected chi connectivity index (χ4v) is 2.83. The molecule has 2 aromatic rings.